The smallest absolute Gasteiger partial charge is 0.261 e. The van der Waals surface area contributed by atoms with Gasteiger partial charge in [0.05, 0.1) is 17.9 Å². The minimum absolute atomic E-state index is 0.183. The number of para-hydroxylation sites is 3. The number of carbonyl (C=O) groups is 1. The average Bonchev–Trinajstić information content (AvgIpc) is 2.70. The predicted octanol–water partition coefficient (Wildman–Crippen LogP) is 5.34. The number of benzene rings is 2. The SMILES string of the molecule is C=C(C)COc1ccccc1NC(=S)NC(=O)c1ccccc1OCCCCC. The number of ether oxygens (including phenoxy) is 2. The van der Waals surface area contributed by atoms with E-state index in [-0.39, 0.29) is 11.0 Å². The number of hydrogen-bond donors (Lipinski definition) is 2. The maximum atomic E-state index is 12.7. The third-order valence-corrected chi connectivity index (χ3v) is 4.18. The van der Waals surface area contributed by atoms with Gasteiger partial charge in [0.1, 0.15) is 18.1 Å². The second-order valence-corrected chi connectivity index (χ2v) is 7.11. The molecule has 0 atom stereocenters. The van der Waals surface area contributed by atoms with E-state index in [1.807, 2.05) is 37.3 Å². The summed E-state index contributed by atoms with van der Waals surface area (Å²) in [6.45, 7) is 8.84. The first-order valence-electron chi connectivity index (χ1n) is 9.71. The third-order valence-electron chi connectivity index (χ3n) is 3.97. The van der Waals surface area contributed by atoms with E-state index in [4.69, 9.17) is 21.7 Å². The summed E-state index contributed by atoms with van der Waals surface area (Å²) < 4.78 is 11.5. The molecule has 0 saturated heterocycles. The monoisotopic (exact) mass is 412 g/mol. The molecule has 2 rings (SSSR count). The molecule has 0 fully saturated rings. The lowest BCUT2D eigenvalue weighted by molar-refractivity contribution is 0.0973. The van der Waals surface area contributed by atoms with E-state index in [1.54, 1.807) is 18.2 Å². The van der Waals surface area contributed by atoms with Crippen LogP contribution in [-0.4, -0.2) is 24.2 Å². The highest BCUT2D eigenvalue weighted by Gasteiger charge is 2.14. The number of amides is 1. The molecule has 6 heteroatoms. The first kappa shape index (κ1) is 22.4. The molecule has 2 N–H and O–H groups in total. The third kappa shape index (κ3) is 7.58. The van der Waals surface area contributed by atoms with Crippen molar-refractivity contribution in [2.24, 2.45) is 0 Å². The first-order valence-corrected chi connectivity index (χ1v) is 10.1. The first-order chi connectivity index (χ1) is 14.0. The minimum Gasteiger partial charge on any atom is -0.493 e. The molecular formula is C23H28N2O3S. The van der Waals surface area contributed by atoms with Gasteiger partial charge in [0.2, 0.25) is 0 Å². The highest BCUT2D eigenvalue weighted by Crippen LogP contribution is 2.24. The van der Waals surface area contributed by atoms with Crippen molar-refractivity contribution in [2.75, 3.05) is 18.5 Å². The van der Waals surface area contributed by atoms with E-state index >= 15 is 0 Å². The van der Waals surface area contributed by atoms with Crippen molar-refractivity contribution in [3.05, 3.63) is 66.2 Å². The zero-order chi connectivity index (χ0) is 21.1. The van der Waals surface area contributed by atoms with Gasteiger partial charge in [0.15, 0.2) is 5.11 Å². The lowest BCUT2D eigenvalue weighted by atomic mass is 10.2. The summed E-state index contributed by atoms with van der Waals surface area (Å²) >= 11 is 5.32. The van der Waals surface area contributed by atoms with E-state index in [0.29, 0.717) is 36.0 Å². The standard InChI is InChI=1S/C23H28N2O3S/c1-4-5-10-15-27-20-13-8-6-11-18(20)22(26)25-23(29)24-19-12-7-9-14-21(19)28-16-17(2)3/h6-9,11-14H,2,4-5,10,15-16H2,1,3H3,(H2,24,25,26,29). The number of carbonyl (C=O) groups excluding carboxylic acids is 1. The van der Waals surface area contributed by atoms with Gasteiger partial charge < -0.3 is 14.8 Å². The van der Waals surface area contributed by atoms with Gasteiger partial charge in [0.25, 0.3) is 5.91 Å². The van der Waals surface area contributed by atoms with Crippen LogP contribution in [0.25, 0.3) is 0 Å². The summed E-state index contributed by atoms with van der Waals surface area (Å²) in [5, 5.41) is 5.91. The fraction of sp³-hybridized carbons (Fsp3) is 0.304. The summed E-state index contributed by atoms with van der Waals surface area (Å²) in [4.78, 5) is 12.7. The van der Waals surface area contributed by atoms with Gasteiger partial charge in [-0.05, 0) is 55.4 Å². The zero-order valence-electron chi connectivity index (χ0n) is 17.0. The number of rotatable bonds is 10. The molecule has 0 aliphatic heterocycles. The van der Waals surface area contributed by atoms with Crippen molar-refractivity contribution in [3.8, 4) is 11.5 Å². The van der Waals surface area contributed by atoms with E-state index in [2.05, 4.69) is 24.1 Å². The van der Waals surface area contributed by atoms with Crippen LogP contribution in [0.1, 0.15) is 43.5 Å². The molecule has 0 aliphatic carbocycles. The molecule has 0 aromatic heterocycles. The van der Waals surface area contributed by atoms with Gasteiger partial charge in [-0.2, -0.15) is 0 Å². The largest absolute Gasteiger partial charge is 0.493 e. The number of hydrogen-bond acceptors (Lipinski definition) is 4. The summed E-state index contributed by atoms with van der Waals surface area (Å²) in [6.07, 6.45) is 3.16. The molecule has 0 saturated carbocycles. The average molecular weight is 413 g/mol. The predicted molar refractivity (Wildman–Crippen MR) is 122 cm³/mol. The van der Waals surface area contributed by atoms with Crippen LogP contribution in [0.5, 0.6) is 11.5 Å². The number of nitrogens with one attached hydrogen (secondary N) is 2. The van der Waals surface area contributed by atoms with Gasteiger partial charge >= 0.3 is 0 Å². The molecule has 0 unspecified atom stereocenters. The van der Waals surface area contributed by atoms with Gasteiger partial charge in [-0.3, -0.25) is 10.1 Å². The highest BCUT2D eigenvalue weighted by molar-refractivity contribution is 7.80. The Morgan fingerprint density at radius 3 is 2.45 bits per heavy atom. The lowest BCUT2D eigenvalue weighted by Gasteiger charge is -2.15. The van der Waals surface area contributed by atoms with Crippen LogP contribution in [0.3, 0.4) is 0 Å². The molecule has 2 aromatic rings. The van der Waals surface area contributed by atoms with E-state index in [9.17, 15) is 4.79 Å². The molecule has 154 valence electrons. The lowest BCUT2D eigenvalue weighted by Crippen LogP contribution is -2.34. The van der Waals surface area contributed by atoms with Crippen LogP contribution >= 0.6 is 12.2 Å². The Labute approximate surface area is 178 Å². The fourth-order valence-electron chi connectivity index (χ4n) is 2.54. The van der Waals surface area contributed by atoms with Crippen molar-refractivity contribution < 1.29 is 14.3 Å². The van der Waals surface area contributed by atoms with Crippen LogP contribution in [-0.2, 0) is 0 Å². The molecule has 0 aliphatic rings. The van der Waals surface area contributed by atoms with Crippen molar-refractivity contribution in [2.45, 2.75) is 33.1 Å². The van der Waals surface area contributed by atoms with Gasteiger partial charge in [-0.1, -0.05) is 50.6 Å². The quantitative estimate of drug-likeness (QED) is 0.313. The van der Waals surface area contributed by atoms with Crippen LogP contribution in [0.4, 0.5) is 5.69 Å². The molecule has 0 bridgehead atoms. The normalized spacial score (nSPS) is 10.1. The van der Waals surface area contributed by atoms with E-state index in [1.165, 1.54) is 0 Å². The second kappa shape index (κ2) is 11.9. The molecule has 5 nitrogen and oxygen atoms in total. The maximum Gasteiger partial charge on any atom is 0.261 e. The summed E-state index contributed by atoms with van der Waals surface area (Å²) in [5.74, 6) is 0.856. The molecule has 0 heterocycles. The molecule has 1 amide bonds. The number of unbranched alkanes of at least 4 members (excludes halogenated alkanes) is 2. The van der Waals surface area contributed by atoms with Crippen LogP contribution < -0.4 is 20.1 Å². The van der Waals surface area contributed by atoms with Crippen molar-refractivity contribution in [1.29, 1.82) is 0 Å². The van der Waals surface area contributed by atoms with Crippen LogP contribution in [0, 0.1) is 0 Å². The van der Waals surface area contributed by atoms with E-state index < -0.39 is 0 Å². The number of thiocarbonyl (C=S) groups is 1. The topological polar surface area (TPSA) is 59.6 Å². The Hall–Kier alpha value is -2.86. The summed E-state index contributed by atoms with van der Waals surface area (Å²) in [6, 6.07) is 14.5. The van der Waals surface area contributed by atoms with Gasteiger partial charge in [0, 0.05) is 0 Å². The Balaban J connectivity index is 2.00. The Morgan fingerprint density at radius 2 is 1.72 bits per heavy atom. The summed E-state index contributed by atoms with van der Waals surface area (Å²) in [5.41, 5.74) is 2.02. The Morgan fingerprint density at radius 1 is 1.03 bits per heavy atom. The van der Waals surface area contributed by atoms with Crippen LogP contribution in [0.15, 0.2) is 60.7 Å². The second-order valence-electron chi connectivity index (χ2n) is 6.70. The van der Waals surface area contributed by atoms with Gasteiger partial charge in [-0.15, -0.1) is 0 Å². The Bertz CT molecular complexity index is 852. The molecular weight excluding hydrogens is 384 g/mol. The molecule has 29 heavy (non-hydrogen) atoms. The zero-order valence-corrected chi connectivity index (χ0v) is 17.8. The summed E-state index contributed by atoms with van der Waals surface area (Å²) in [7, 11) is 0. The van der Waals surface area contributed by atoms with Crippen molar-refractivity contribution >= 4 is 28.9 Å². The molecule has 0 spiro atoms. The Kier molecular flexibility index (Phi) is 9.18. The maximum absolute atomic E-state index is 12.7. The highest BCUT2D eigenvalue weighted by atomic mass is 32.1. The fourth-order valence-corrected chi connectivity index (χ4v) is 2.74. The van der Waals surface area contributed by atoms with Crippen LogP contribution in [0.2, 0.25) is 0 Å². The minimum atomic E-state index is -0.325. The van der Waals surface area contributed by atoms with Gasteiger partial charge in [-0.25, -0.2) is 0 Å². The van der Waals surface area contributed by atoms with Crippen molar-refractivity contribution in [1.82, 2.24) is 5.32 Å². The van der Waals surface area contributed by atoms with E-state index in [0.717, 1.165) is 24.8 Å². The molecule has 2 aromatic carbocycles. The number of anilines is 1. The van der Waals surface area contributed by atoms with Crippen molar-refractivity contribution in [3.63, 3.8) is 0 Å². The molecule has 0 radical (unpaired) electrons.